The lowest BCUT2D eigenvalue weighted by Gasteiger charge is -2.01. The van der Waals surface area contributed by atoms with Gasteiger partial charge in [0.1, 0.15) is 18.3 Å². The number of rotatable bonds is 4. The zero-order valence-electron chi connectivity index (χ0n) is 10.5. The van der Waals surface area contributed by atoms with Gasteiger partial charge in [-0.25, -0.2) is 0 Å². The molecular weight excluding hydrogens is 236 g/mol. The van der Waals surface area contributed by atoms with Gasteiger partial charge in [-0.05, 0) is 11.1 Å². The first kappa shape index (κ1) is 12.2. The van der Waals surface area contributed by atoms with Crippen molar-refractivity contribution in [3.05, 3.63) is 77.9 Å². The van der Waals surface area contributed by atoms with Crippen molar-refractivity contribution in [3.8, 4) is 0 Å². The molecule has 1 unspecified atom stereocenters. The van der Waals surface area contributed by atoms with Crippen molar-refractivity contribution in [1.82, 2.24) is 0 Å². The van der Waals surface area contributed by atoms with Crippen molar-refractivity contribution >= 4 is 6.08 Å². The Morgan fingerprint density at radius 3 is 2.26 bits per heavy atom. The van der Waals surface area contributed by atoms with Crippen LogP contribution >= 0.6 is 0 Å². The Morgan fingerprint density at radius 1 is 0.947 bits per heavy atom. The molecule has 0 spiro atoms. The van der Waals surface area contributed by atoms with E-state index in [2.05, 4.69) is 0 Å². The second kappa shape index (κ2) is 5.39. The lowest BCUT2D eigenvalue weighted by atomic mass is 10.1. The highest BCUT2D eigenvalue weighted by Crippen LogP contribution is 2.40. The molecule has 0 aromatic heterocycles. The van der Waals surface area contributed by atoms with E-state index in [-0.39, 0.29) is 12.2 Å². The number of aliphatic hydroxyl groups excluding tert-OH is 1. The molecule has 1 heterocycles. The summed E-state index contributed by atoms with van der Waals surface area (Å²) in [5.74, 6) is 0. The van der Waals surface area contributed by atoms with E-state index in [0.29, 0.717) is 0 Å². The maximum Gasteiger partial charge on any atom is 0.118 e. The third kappa shape index (κ3) is 2.92. The van der Waals surface area contributed by atoms with Crippen LogP contribution in [0, 0.1) is 0 Å². The zero-order chi connectivity index (χ0) is 13.1. The molecule has 3 rings (SSSR count). The summed E-state index contributed by atoms with van der Waals surface area (Å²) in [5.41, 5.74) is 2.21. The van der Waals surface area contributed by atoms with Gasteiger partial charge in [-0.2, -0.15) is 0 Å². The summed E-state index contributed by atoms with van der Waals surface area (Å²) in [6.45, 7) is 0. The molecule has 19 heavy (non-hydrogen) atoms. The summed E-state index contributed by atoms with van der Waals surface area (Å²) in [6.07, 6.45) is 3.06. The molecule has 1 aliphatic heterocycles. The first-order valence-electron chi connectivity index (χ1n) is 6.46. The van der Waals surface area contributed by atoms with E-state index in [1.165, 1.54) is 0 Å². The fourth-order valence-corrected chi connectivity index (χ4v) is 2.18. The van der Waals surface area contributed by atoms with Gasteiger partial charge in [0.25, 0.3) is 0 Å². The Morgan fingerprint density at radius 2 is 1.58 bits per heavy atom. The van der Waals surface area contributed by atoms with Crippen LogP contribution in [0.2, 0.25) is 0 Å². The van der Waals surface area contributed by atoms with Crippen molar-refractivity contribution in [2.24, 2.45) is 0 Å². The van der Waals surface area contributed by atoms with E-state index in [9.17, 15) is 5.11 Å². The van der Waals surface area contributed by atoms with Crippen molar-refractivity contribution in [1.29, 1.82) is 0 Å². The minimum atomic E-state index is -0.564. The molecule has 0 aliphatic carbocycles. The molecule has 0 radical (unpaired) electrons. The normalized spacial score (nSPS) is 23.4. The molecule has 96 valence electrons. The minimum Gasteiger partial charge on any atom is -0.386 e. The third-order valence-electron chi connectivity index (χ3n) is 3.28. The Balaban J connectivity index is 1.61. The predicted octanol–water partition coefficient (Wildman–Crippen LogP) is 3.20. The summed E-state index contributed by atoms with van der Waals surface area (Å²) in [7, 11) is 0. The smallest absolute Gasteiger partial charge is 0.118 e. The average Bonchev–Trinajstić information content (AvgIpc) is 3.27. The second-order valence-electron chi connectivity index (χ2n) is 4.69. The third-order valence-corrected chi connectivity index (χ3v) is 3.28. The maximum atomic E-state index is 10.1. The first-order chi connectivity index (χ1) is 9.34. The molecule has 2 aromatic carbocycles. The van der Waals surface area contributed by atoms with E-state index in [1.807, 2.05) is 66.7 Å². The number of hydrogen-bond donors (Lipinski definition) is 1. The fraction of sp³-hybridized carbons (Fsp3) is 0.176. The molecule has 3 atom stereocenters. The molecule has 0 amide bonds. The van der Waals surface area contributed by atoms with Gasteiger partial charge in [-0.1, -0.05) is 72.8 Å². The van der Waals surface area contributed by atoms with Crippen molar-refractivity contribution < 1.29 is 9.84 Å². The molecule has 1 fully saturated rings. The van der Waals surface area contributed by atoms with E-state index in [4.69, 9.17) is 4.74 Å². The van der Waals surface area contributed by atoms with Crippen LogP contribution in [0.5, 0.6) is 0 Å². The van der Waals surface area contributed by atoms with Crippen molar-refractivity contribution in [3.63, 3.8) is 0 Å². The summed E-state index contributed by atoms with van der Waals surface area (Å²) in [6, 6.07) is 19.9. The molecule has 1 aliphatic rings. The zero-order valence-corrected chi connectivity index (χ0v) is 10.5. The van der Waals surface area contributed by atoms with Crippen LogP contribution in [0.4, 0.5) is 0 Å². The molecule has 2 nitrogen and oxygen atoms in total. The van der Waals surface area contributed by atoms with E-state index in [0.717, 1.165) is 11.1 Å². The van der Waals surface area contributed by atoms with E-state index in [1.54, 1.807) is 6.08 Å². The summed E-state index contributed by atoms with van der Waals surface area (Å²) < 4.78 is 5.55. The molecule has 2 heteroatoms. The quantitative estimate of drug-likeness (QED) is 0.848. The highest BCUT2D eigenvalue weighted by molar-refractivity contribution is 5.49. The largest absolute Gasteiger partial charge is 0.386 e. The first-order valence-corrected chi connectivity index (χ1v) is 6.46. The highest BCUT2D eigenvalue weighted by atomic mass is 16.6. The Bertz CT molecular complexity index is 548. The number of aliphatic hydroxyl groups is 1. The van der Waals surface area contributed by atoms with Crippen molar-refractivity contribution in [2.75, 3.05) is 0 Å². The van der Waals surface area contributed by atoms with Crippen LogP contribution in [0.1, 0.15) is 17.2 Å². The van der Waals surface area contributed by atoms with Gasteiger partial charge in [0.15, 0.2) is 0 Å². The summed E-state index contributed by atoms with van der Waals surface area (Å²) >= 11 is 0. The molecule has 1 N–H and O–H groups in total. The lowest BCUT2D eigenvalue weighted by molar-refractivity contribution is 0.178. The van der Waals surface area contributed by atoms with Crippen LogP contribution in [0.15, 0.2) is 66.7 Å². The molecule has 1 saturated heterocycles. The van der Waals surface area contributed by atoms with Gasteiger partial charge < -0.3 is 9.84 Å². The summed E-state index contributed by atoms with van der Waals surface area (Å²) in [5, 5.41) is 10.1. The average molecular weight is 252 g/mol. The number of epoxide rings is 1. The van der Waals surface area contributed by atoms with Gasteiger partial charge in [0.2, 0.25) is 0 Å². The topological polar surface area (TPSA) is 32.8 Å². The number of benzene rings is 2. The Kier molecular flexibility index (Phi) is 3.45. The Hall–Kier alpha value is -1.90. The van der Waals surface area contributed by atoms with Crippen LogP contribution in [0.25, 0.3) is 6.08 Å². The van der Waals surface area contributed by atoms with Crippen LogP contribution in [-0.2, 0) is 4.74 Å². The van der Waals surface area contributed by atoms with Gasteiger partial charge >= 0.3 is 0 Å². The predicted molar refractivity (Wildman–Crippen MR) is 75.5 cm³/mol. The second-order valence-corrected chi connectivity index (χ2v) is 4.69. The van der Waals surface area contributed by atoms with Crippen LogP contribution in [-0.4, -0.2) is 17.3 Å². The highest BCUT2D eigenvalue weighted by Gasteiger charge is 2.44. The molecule has 2 aromatic rings. The van der Waals surface area contributed by atoms with Gasteiger partial charge in [0, 0.05) is 0 Å². The molecule has 0 saturated carbocycles. The van der Waals surface area contributed by atoms with E-state index < -0.39 is 6.10 Å². The summed E-state index contributed by atoms with van der Waals surface area (Å²) in [4.78, 5) is 0. The monoisotopic (exact) mass is 252 g/mol. The van der Waals surface area contributed by atoms with Crippen LogP contribution < -0.4 is 0 Å². The van der Waals surface area contributed by atoms with E-state index >= 15 is 0 Å². The van der Waals surface area contributed by atoms with Gasteiger partial charge in [-0.3, -0.25) is 0 Å². The maximum absolute atomic E-state index is 10.1. The number of ether oxygens (including phenoxy) is 1. The SMILES string of the molecule is O[C@H](/C=C/c1ccccc1)[C@H]1OC1c1ccccc1. The lowest BCUT2D eigenvalue weighted by Crippen LogP contribution is -2.11. The van der Waals surface area contributed by atoms with Crippen molar-refractivity contribution in [2.45, 2.75) is 18.3 Å². The molecule has 0 bridgehead atoms. The Labute approximate surface area is 113 Å². The number of hydrogen-bond acceptors (Lipinski definition) is 2. The standard InChI is InChI=1S/C17H16O2/c18-15(12-11-13-7-3-1-4-8-13)17-16(19-17)14-9-5-2-6-10-14/h1-12,15-18H/b12-11+/t15-,16?,17-/m1/s1. The van der Waals surface area contributed by atoms with Gasteiger partial charge in [-0.15, -0.1) is 0 Å². The minimum absolute atomic E-state index is 0.0247. The van der Waals surface area contributed by atoms with Gasteiger partial charge in [0.05, 0.1) is 0 Å². The molecular formula is C17H16O2. The van der Waals surface area contributed by atoms with Crippen LogP contribution in [0.3, 0.4) is 0 Å². The fourth-order valence-electron chi connectivity index (χ4n) is 2.18.